The first-order valence-corrected chi connectivity index (χ1v) is 7.64. The van der Waals surface area contributed by atoms with Crippen LogP contribution in [0, 0.1) is 0 Å². The molecule has 0 aliphatic heterocycles. The fourth-order valence-corrected chi connectivity index (χ4v) is 2.14. The van der Waals surface area contributed by atoms with Crippen molar-refractivity contribution in [1.82, 2.24) is 24.5 Å². The molecule has 2 rings (SSSR count). The Morgan fingerprint density at radius 3 is 2.67 bits per heavy atom. The smallest absolute Gasteiger partial charge is 0.178 e. The third kappa shape index (κ3) is 2.75. The Kier molecular flexibility index (Phi) is 4.41. The number of nitrogens with zero attached hydrogens (tertiary/aromatic N) is 5. The van der Waals surface area contributed by atoms with Crippen molar-refractivity contribution in [3.05, 3.63) is 18.1 Å². The van der Waals surface area contributed by atoms with Crippen LogP contribution in [0.15, 0.2) is 12.3 Å². The van der Waals surface area contributed by atoms with E-state index in [1.54, 1.807) is 0 Å². The van der Waals surface area contributed by atoms with Crippen LogP contribution in [0.4, 0.5) is 0 Å². The zero-order valence-electron chi connectivity index (χ0n) is 11.1. The Labute approximate surface area is 112 Å². The molecule has 2 heterocycles. The first-order chi connectivity index (χ1) is 8.78. The van der Waals surface area contributed by atoms with Gasteiger partial charge in [0.15, 0.2) is 11.6 Å². The largest absolute Gasteiger partial charge is 0.272 e. The van der Waals surface area contributed by atoms with Crippen LogP contribution in [0.3, 0.4) is 0 Å². The zero-order valence-corrected chi connectivity index (χ0v) is 11.9. The summed E-state index contributed by atoms with van der Waals surface area (Å²) >= 11 is 1.81. The lowest BCUT2D eigenvalue weighted by Gasteiger charge is -1.98. The maximum Gasteiger partial charge on any atom is 0.178 e. The van der Waals surface area contributed by atoms with Gasteiger partial charge in [-0.15, -0.1) is 0 Å². The summed E-state index contributed by atoms with van der Waals surface area (Å²) in [4.78, 5) is 4.60. The number of thioether (sulfide) groups is 1. The van der Waals surface area contributed by atoms with Gasteiger partial charge >= 0.3 is 0 Å². The Balaban J connectivity index is 2.27. The minimum absolute atomic E-state index is 0.820. The molecule has 0 spiro atoms. The molecule has 0 fully saturated rings. The average molecular weight is 265 g/mol. The van der Waals surface area contributed by atoms with Gasteiger partial charge in [-0.25, -0.2) is 9.67 Å². The van der Waals surface area contributed by atoms with Gasteiger partial charge in [-0.05, 0) is 26.2 Å². The topological polar surface area (TPSA) is 48.5 Å². The maximum absolute atomic E-state index is 4.60. The third-order valence-electron chi connectivity index (χ3n) is 2.74. The lowest BCUT2D eigenvalue weighted by Crippen LogP contribution is -2.01. The summed E-state index contributed by atoms with van der Waals surface area (Å²) in [5, 5.41) is 9.01. The van der Waals surface area contributed by atoms with E-state index >= 15 is 0 Å². The molecule has 5 nitrogen and oxygen atoms in total. The molecule has 0 unspecified atom stereocenters. The minimum atomic E-state index is 0.820. The summed E-state index contributed by atoms with van der Waals surface area (Å²) in [6.07, 6.45) is 4.99. The van der Waals surface area contributed by atoms with Gasteiger partial charge in [-0.1, -0.05) is 0 Å². The van der Waals surface area contributed by atoms with E-state index in [2.05, 4.69) is 35.3 Å². The number of aryl methyl sites for hydroxylation is 3. The highest BCUT2D eigenvalue weighted by Crippen LogP contribution is 2.15. The van der Waals surface area contributed by atoms with Crippen LogP contribution >= 0.6 is 11.8 Å². The molecule has 0 bridgehead atoms. The fraction of sp³-hybridized carbons (Fsp3) is 0.583. The van der Waals surface area contributed by atoms with Crippen molar-refractivity contribution in [3.63, 3.8) is 0 Å². The molecule has 0 saturated carbocycles. The lowest BCUT2D eigenvalue weighted by atomic mass is 10.4. The molecule has 0 N–H and O–H groups in total. The molecule has 0 radical (unpaired) electrons. The third-order valence-corrected chi connectivity index (χ3v) is 3.35. The van der Waals surface area contributed by atoms with Crippen LogP contribution in [-0.2, 0) is 19.5 Å². The predicted octanol–water partition coefficient (Wildman–Crippen LogP) is 2.09. The normalized spacial score (nSPS) is 11.1. The van der Waals surface area contributed by atoms with Crippen molar-refractivity contribution in [3.8, 4) is 11.5 Å². The van der Waals surface area contributed by atoms with Gasteiger partial charge in [-0.2, -0.15) is 22.0 Å². The van der Waals surface area contributed by atoms with Crippen LogP contribution < -0.4 is 0 Å². The quantitative estimate of drug-likeness (QED) is 0.802. The van der Waals surface area contributed by atoms with Crippen molar-refractivity contribution in [2.75, 3.05) is 12.0 Å². The van der Waals surface area contributed by atoms with E-state index in [4.69, 9.17) is 0 Å². The molecule has 0 saturated heterocycles. The highest BCUT2D eigenvalue weighted by molar-refractivity contribution is 7.98. The van der Waals surface area contributed by atoms with Crippen molar-refractivity contribution >= 4 is 11.8 Å². The zero-order chi connectivity index (χ0) is 13.0. The SMILES string of the molecule is CCn1ccc(-c2nc(CCSC)nn2CC)n1. The molecule has 0 amide bonds. The maximum atomic E-state index is 4.60. The summed E-state index contributed by atoms with van der Waals surface area (Å²) in [5.74, 6) is 2.84. The summed E-state index contributed by atoms with van der Waals surface area (Å²) in [5.41, 5.74) is 0.904. The molecular weight excluding hydrogens is 246 g/mol. The first-order valence-electron chi connectivity index (χ1n) is 6.25. The fourth-order valence-electron chi connectivity index (χ4n) is 1.76. The molecule has 0 aliphatic carbocycles. The molecule has 98 valence electrons. The average Bonchev–Trinajstić information content (AvgIpc) is 3.02. The summed E-state index contributed by atoms with van der Waals surface area (Å²) in [7, 11) is 0. The summed E-state index contributed by atoms with van der Waals surface area (Å²) in [6, 6.07) is 2.00. The highest BCUT2D eigenvalue weighted by Gasteiger charge is 2.13. The van der Waals surface area contributed by atoms with Gasteiger partial charge in [0, 0.05) is 31.5 Å². The molecule has 18 heavy (non-hydrogen) atoms. The second-order valence-corrected chi connectivity index (χ2v) is 4.95. The molecular formula is C12H19N5S. The number of hydrogen-bond acceptors (Lipinski definition) is 4. The molecule has 6 heteroatoms. The van der Waals surface area contributed by atoms with E-state index in [0.29, 0.717) is 0 Å². The predicted molar refractivity (Wildman–Crippen MR) is 74.7 cm³/mol. The van der Waals surface area contributed by atoms with E-state index in [-0.39, 0.29) is 0 Å². The molecule has 0 aromatic carbocycles. The number of aromatic nitrogens is 5. The van der Waals surface area contributed by atoms with Crippen molar-refractivity contribution in [2.45, 2.75) is 33.4 Å². The summed E-state index contributed by atoms with van der Waals surface area (Å²) in [6.45, 7) is 5.85. The van der Waals surface area contributed by atoms with E-state index in [9.17, 15) is 0 Å². The number of hydrogen-bond donors (Lipinski definition) is 0. The van der Waals surface area contributed by atoms with E-state index in [1.807, 2.05) is 33.4 Å². The van der Waals surface area contributed by atoms with Crippen LogP contribution in [0.1, 0.15) is 19.7 Å². The Hall–Kier alpha value is -1.30. The minimum Gasteiger partial charge on any atom is -0.272 e. The van der Waals surface area contributed by atoms with Gasteiger partial charge < -0.3 is 0 Å². The van der Waals surface area contributed by atoms with E-state index in [1.165, 1.54) is 0 Å². The summed E-state index contributed by atoms with van der Waals surface area (Å²) < 4.78 is 3.84. The second-order valence-electron chi connectivity index (χ2n) is 3.97. The van der Waals surface area contributed by atoms with Crippen LogP contribution in [0.5, 0.6) is 0 Å². The van der Waals surface area contributed by atoms with Gasteiger partial charge in [0.25, 0.3) is 0 Å². The van der Waals surface area contributed by atoms with Gasteiger partial charge in [-0.3, -0.25) is 4.68 Å². The van der Waals surface area contributed by atoms with Crippen molar-refractivity contribution in [2.24, 2.45) is 0 Å². The van der Waals surface area contributed by atoms with Crippen molar-refractivity contribution < 1.29 is 0 Å². The Bertz CT molecular complexity index is 502. The van der Waals surface area contributed by atoms with Crippen LogP contribution in [0.2, 0.25) is 0 Å². The molecule has 0 aliphatic rings. The lowest BCUT2D eigenvalue weighted by molar-refractivity contribution is 0.641. The van der Waals surface area contributed by atoms with Crippen LogP contribution in [0.25, 0.3) is 11.5 Å². The first kappa shape index (κ1) is 13.1. The molecule has 0 atom stereocenters. The van der Waals surface area contributed by atoms with Crippen molar-refractivity contribution in [1.29, 1.82) is 0 Å². The standard InChI is InChI=1S/C12H19N5S/c1-4-16-8-6-10(14-16)12-13-11(7-9-18-3)15-17(12)5-2/h6,8H,4-5,7,9H2,1-3H3. The van der Waals surface area contributed by atoms with Gasteiger partial charge in [0.1, 0.15) is 5.69 Å². The molecule has 2 aromatic rings. The van der Waals surface area contributed by atoms with E-state index < -0.39 is 0 Å². The Morgan fingerprint density at radius 1 is 1.22 bits per heavy atom. The molecule has 2 aromatic heterocycles. The van der Waals surface area contributed by atoms with E-state index in [0.717, 1.165) is 42.6 Å². The van der Waals surface area contributed by atoms with Crippen LogP contribution in [-0.4, -0.2) is 36.6 Å². The van der Waals surface area contributed by atoms with Gasteiger partial charge in [0.05, 0.1) is 0 Å². The monoisotopic (exact) mass is 265 g/mol. The number of rotatable bonds is 6. The Morgan fingerprint density at radius 2 is 2.06 bits per heavy atom. The second kappa shape index (κ2) is 6.04. The highest BCUT2D eigenvalue weighted by atomic mass is 32.2. The van der Waals surface area contributed by atoms with Gasteiger partial charge in [0.2, 0.25) is 0 Å².